The summed E-state index contributed by atoms with van der Waals surface area (Å²) < 4.78 is 19.0. The molecule has 9 heteroatoms. The molecule has 41 heavy (non-hydrogen) atoms. The summed E-state index contributed by atoms with van der Waals surface area (Å²) in [5, 5.41) is 9.98. The van der Waals surface area contributed by atoms with Crippen LogP contribution in [0.4, 0.5) is 9.18 Å². The van der Waals surface area contributed by atoms with E-state index in [1.165, 1.54) is 24.3 Å². The number of hydrogen-bond acceptors (Lipinski definition) is 5. The predicted molar refractivity (Wildman–Crippen MR) is 154 cm³/mol. The standard InChI is InChI=1S/C32H37ClFN3O4/c1-3-27(22-5-7-24(33)8-6-22)28(37(4-2)31(40)41-26-11-9-25(34)10-12-26)13-14-29(38)23-15-19-36(20-16-23)30(39)32(21-35)17-18-32/h5-12,23,27-28H,3-4,13-20H2,1-2H3/t27-,28+/m0/s1. The summed E-state index contributed by atoms with van der Waals surface area (Å²) in [5.41, 5.74) is 0.174. The molecule has 1 saturated heterocycles. The molecule has 0 aromatic heterocycles. The SMILES string of the molecule is CC[C@@H](c1ccc(Cl)cc1)[C@@H](CCC(=O)C1CCN(C(=O)C2(C#N)CC2)CC1)N(CC)C(=O)Oc1ccc(F)cc1. The number of amides is 2. The number of rotatable bonds is 11. The van der Waals surface area contributed by atoms with Crippen molar-refractivity contribution in [1.29, 1.82) is 5.26 Å². The number of halogens is 2. The lowest BCUT2D eigenvalue weighted by atomic mass is 9.83. The first-order valence-electron chi connectivity index (χ1n) is 14.4. The molecule has 2 amide bonds. The van der Waals surface area contributed by atoms with Crippen molar-refractivity contribution < 1.29 is 23.5 Å². The fourth-order valence-electron chi connectivity index (χ4n) is 5.88. The van der Waals surface area contributed by atoms with Crippen LogP contribution in [0, 0.1) is 28.5 Å². The summed E-state index contributed by atoms with van der Waals surface area (Å²) in [7, 11) is 0. The molecule has 0 N–H and O–H groups in total. The van der Waals surface area contributed by atoms with E-state index < -0.39 is 17.3 Å². The van der Waals surface area contributed by atoms with Gasteiger partial charge in [-0.15, -0.1) is 0 Å². The Morgan fingerprint density at radius 1 is 1.10 bits per heavy atom. The Kier molecular flexibility index (Phi) is 10.0. The molecule has 1 heterocycles. The van der Waals surface area contributed by atoms with Gasteiger partial charge in [0.25, 0.3) is 0 Å². The fraction of sp³-hybridized carbons (Fsp3) is 0.500. The van der Waals surface area contributed by atoms with Crippen molar-refractivity contribution in [1.82, 2.24) is 9.80 Å². The van der Waals surface area contributed by atoms with E-state index in [2.05, 4.69) is 6.07 Å². The lowest BCUT2D eigenvalue weighted by Gasteiger charge is -2.37. The van der Waals surface area contributed by atoms with Crippen LogP contribution in [0.3, 0.4) is 0 Å². The molecule has 0 bridgehead atoms. The quantitative estimate of drug-likeness (QED) is 0.293. The van der Waals surface area contributed by atoms with E-state index in [0.29, 0.717) is 56.8 Å². The van der Waals surface area contributed by atoms with Crippen molar-refractivity contribution in [3.63, 3.8) is 0 Å². The first kappa shape index (κ1) is 30.5. The molecule has 1 aliphatic carbocycles. The van der Waals surface area contributed by atoms with Gasteiger partial charge in [0.05, 0.1) is 6.07 Å². The third-order valence-electron chi connectivity index (χ3n) is 8.49. The maximum atomic E-state index is 13.4. The molecule has 218 valence electrons. The van der Waals surface area contributed by atoms with E-state index in [0.717, 1.165) is 12.0 Å². The lowest BCUT2D eigenvalue weighted by Crippen LogP contribution is -2.46. The minimum atomic E-state index is -0.840. The molecule has 0 unspecified atom stereocenters. The average Bonchev–Trinajstić information content (AvgIpc) is 3.79. The van der Waals surface area contributed by atoms with Gasteiger partial charge in [-0.2, -0.15) is 5.26 Å². The zero-order valence-electron chi connectivity index (χ0n) is 23.7. The Morgan fingerprint density at radius 3 is 2.27 bits per heavy atom. The maximum absolute atomic E-state index is 13.4. The molecule has 2 aliphatic rings. The third kappa shape index (κ3) is 7.26. The Balaban J connectivity index is 1.46. The van der Waals surface area contributed by atoms with E-state index in [1.807, 2.05) is 38.1 Å². The molecule has 2 atom stereocenters. The van der Waals surface area contributed by atoms with Gasteiger partial charge in [-0.05, 0) is 87.4 Å². The molecule has 4 rings (SSSR count). The van der Waals surface area contributed by atoms with Crippen LogP contribution < -0.4 is 4.74 Å². The monoisotopic (exact) mass is 581 g/mol. The van der Waals surface area contributed by atoms with Gasteiger partial charge in [-0.25, -0.2) is 9.18 Å². The number of nitrogens with zero attached hydrogens (tertiary/aromatic N) is 3. The van der Waals surface area contributed by atoms with E-state index in [4.69, 9.17) is 16.3 Å². The van der Waals surface area contributed by atoms with Crippen molar-refractivity contribution in [2.45, 2.75) is 70.8 Å². The minimum absolute atomic E-state index is 0.0685. The molecular formula is C32H37ClFN3O4. The van der Waals surface area contributed by atoms with Gasteiger partial charge in [0, 0.05) is 49.0 Å². The summed E-state index contributed by atoms with van der Waals surface area (Å²) >= 11 is 6.14. The third-order valence-corrected chi connectivity index (χ3v) is 8.75. The molecule has 1 aliphatic heterocycles. The highest BCUT2D eigenvalue weighted by Gasteiger charge is 2.53. The first-order valence-corrected chi connectivity index (χ1v) is 14.8. The van der Waals surface area contributed by atoms with E-state index in [-0.39, 0.29) is 41.7 Å². The highest BCUT2D eigenvalue weighted by molar-refractivity contribution is 6.30. The molecule has 0 radical (unpaired) electrons. The van der Waals surface area contributed by atoms with Crippen LogP contribution in [0.5, 0.6) is 5.75 Å². The second kappa shape index (κ2) is 13.5. The second-order valence-electron chi connectivity index (χ2n) is 11.0. The van der Waals surface area contributed by atoms with Crippen molar-refractivity contribution in [3.8, 4) is 11.8 Å². The Morgan fingerprint density at radius 2 is 1.73 bits per heavy atom. The van der Waals surface area contributed by atoms with E-state index >= 15 is 0 Å². The zero-order valence-corrected chi connectivity index (χ0v) is 24.4. The van der Waals surface area contributed by atoms with Gasteiger partial charge in [-0.1, -0.05) is 30.7 Å². The predicted octanol–water partition coefficient (Wildman–Crippen LogP) is 6.75. The summed E-state index contributed by atoms with van der Waals surface area (Å²) in [4.78, 5) is 42.9. The average molecular weight is 582 g/mol. The van der Waals surface area contributed by atoms with Crippen LogP contribution in [0.25, 0.3) is 0 Å². The van der Waals surface area contributed by atoms with Gasteiger partial charge in [0.1, 0.15) is 22.8 Å². The van der Waals surface area contributed by atoms with Crippen molar-refractivity contribution in [2.24, 2.45) is 11.3 Å². The second-order valence-corrected chi connectivity index (χ2v) is 11.4. The number of Topliss-reactive ketones (excluding diaryl/α,β-unsaturated/α-hetero) is 1. The van der Waals surface area contributed by atoms with Crippen molar-refractivity contribution in [2.75, 3.05) is 19.6 Å². The molecule has 1 saturated carbocycles. The van der Waals surface area contributed by atoms with Crippen LogP contribution in [-0.4, -0.2) is 53.3 Å². The number of piperidine rings is 1. The van der Waals surface area contributed by atoms with Gasteiger partial charge in [0.2, 0.25) is 5.91 Å². The normalized spacial score (nSPS) is 17.7. The number of ketones is 1. The zero-order chi connectivity index (χ0) is 29.6. The van der Waals surface area contributed by atoms with Crippen LogP contribution >= 0.6 is 11.6 Å². The number of benzene rings is 2. The number of hydrogen-bond donors (Lipinski definition) is 0. The molecular weight excluding hydrogens is 545 g/mol. The highest BCUT2D eigenvalue weighted by atomic mass is 35.5. The Labute approximate surface area is 246 Å². The summed E-state index contributed by atoms with van der Waals surface area (Å²) in [5.74, 6) is -0.380. The maximum Gasteiger partial charge on any atom is 0.415 e. The molecule has 2 fully saturated rings. The summed E-state index contributed by atoms with van der Waals surface area (Å²) in [6, 6.07) is 14.7. The summed E-state index contributed by atoms with van der Waals surface area (Å²) in [6.45, 7) is 5.25. The number of likely N-dealkylation sites (tertiary alicyclic amines) is 1. The van der Waals surface area contributed by atoms with E-state index in [1.54, 1.807) is 9.80 Å². The topological polar surface area (TPSA) is 90.7 Å². The Hall–Kier alpha value is -3.44. The van der Waals surface area contributed by atoms with Crippen molar-refractivity contribution in [3.05, 3.63) is 64.9 Å². The number of nitriles is 1. The fourth-order valence-corrected chi connectivity index (χ4v) is 6.00. The van der Waals surface area contributed by atoms with Gasteiger partial charge < -0.3 is 14.5 Å². The Bertz CT molecular complexity index is 1270. The van der Waals surface area contributed by atoms with Crippen LogP contribution in [0.2, 0.25) is 5.02 Å². The molecule has 2 aromatic rings. The van der Waals surface area contributed by atoms with Crippen molar-refractivity contribution >= 4 is 29.4 Å². The van der Waals surface area contributed by atoms with Crippen LogP contribution in [0.1, 0.15) is 70.3 Å². The van der Waals surface area contributed by atoms with Gasteiger partial charge >= 0.3 is 6.09 Å². The first-order chi connectivity index (χ1) is 19.7. The number of carbonyl (C=O) groups excluding carboxylic acids is 3. The number of ether oxygens (including phenoxy) is 1. The van der Waals surface area contributed by atoms with Gasteiger partial charge in [0.15, 0.2) is 0 Å². The van der Waals surface area contributed by atoms with E-state index in [9.17, 15) is 24.0 Å². The smallest absolute Gasteiger partial charge is 0.410 e. The number of carbonyl (C=O) groups is 3. The summed E-state index contributed by atoms with van der Waals surface area (Å²) in [6.07, 6.45) is 3.30. The molecule has 2 aromatic carbocycles. The minimum Gasteiger partial charge on any atom is -0.410 e. The van der Waals surface area contributed by atoms with Crippen LogP contribution in [-0.2, 0) is 9.59 Å². The molecule has 7 nitrogen and oxygen atoms in total. The molecule has 0 spiro atoms. The lowest BCUT2D eigenvalue weighted by molar-refractivity contribution is -0.138. The van der Waals surface area contributed by atoms with Gasteiger partial charge in [-0.3, -0.25) is 9.59 Å². The van der Waals surface area contributed by atoms with Crippen LogP contribution in [0.15, 0.2) is 48.5 Å². The highest BCUT2D eigenvalue weighted by Crippen LogP contribution is 2.47. The number of likely N-dealkylation sites (N-methyl/N-ethyl adjacent to an activating group) is 1. The largest absolute Gasteiger partial charge is 0.415 e.